The number of hydrogen-bond acceptors (Lipinski definition) is 1. The molecule has 2 aromatic rings. The van der Waals surface area contributed by atoms with E-state index in [1.807, 2.05) is 6.20 Å². The molecule has 1 aromatic carbocycles. The van der Waals surface area contributed by atoms with E-state index >= 15 is 0 Å². The molecular weight excluding hydrogens is 184 g/mol. The highest BCUT2D eigenvalue weighted by atomic mass is 14.7. The van der Waals surface area contributed by atoms with Crippen LogP contribution in [0.15, 0.2) is 30.5 Å². The standard InChI is InChI=1S/C13H16N2/c14-13(10-2-1-3-10)11-5-4-9-6-7-15-12(9)8-11/h4-8,10,13,15H,1-3,14H2/t13-/m1/s1. The minimum atomic E-state index is 0.228. The van der Waals surface area contributed by atoms with E-state index in [4.69, 9.17) is 5.73 Å². The summed E-state index contributed by atoms with van der Waals surface area (Å²) in [5, 5.41) is 1.26. The molecule has 1 atom stereocenters. The maximum absolute atomic E-state index is 6.25. The number of nitrogens with one attached hydrogen (secondary N) is 1. The molecule has 1 aliphatic rings. The molecule has 0 radical (unpaired) electrons. The Morgan fingerprint density at radius 2 is 2.13 bits per heavy atom. The van der Waals surface area contributed by atoms with Gasteiger partial charge in [0.15, 0.2) is 0 Å². The van der Waals surface area contributed by atoms with Crippen LogP contribution < -0.4 is 5.73 Å². The van der Waals surface area contributed by atoms with Crippen molar-refractivity contribution in [2.75, 3.05) is 0 Å². The van der Waals surface area contributed by atoms with Gasteiger partial charge in [-0.15, -0.1) is 0 Å². The largest absolute Gasteiger partial charge is 0.361 e. The lowest BCUT2D eigenvalue weighted by molar-refractivity contribution is 0.264. The highest BCUT2D eigenvalue weighted by molar-refractivity contribution is 5.79. The van der Waals surface area contributed by atoms with Gasteiger partial charge in [-0.3, -0.25) is 0 Å². The molecule has 2 heteroatoms. The molecule has 0 amide bonds. The first-order valence-corrected chi connectivity index (χ1v) is 5.67. The van der Waals surface area contributed by atoms with Gasteiger partial charge < -0.3 is 10.7 Å². The summed E-state index contributed by atoms with van der Waals surface area (Å²) in [4.78, 5) is 3.23. The summed E-state index contributed by atoms with van der Waals surface area (Å²) < 4.78 is 0. The zero-order valence-electron chi connectivity index (χ0n) is 8.74. The number of rotatable bonds is 2. The average Bonchev–Trinajstić information content (AvgIpc) is 2.61. The van der Waals surface area contributed by atoms with Crippen LogP contribution in [-0.2, 0) is 0 Å². The molecule has 1 fully saturated rings. The van der Waals surface area contributed by atoms with Gasteiger partial charge in [0.05, 0.1) is 0 Å². The normalized spacial score (nSPS) is 19.0. The number of benzene rings is 1. The van der Waals surface area contributed by atoms with Crippen LogP contribution in [0.1, 0.15) is 30.9 Å². The molecule has 1 saturated carbocycles. The van der Waals surface area contributed by atoms with Gasteiger partial charge in [-0.25, -0.2) is 0 Å². The van der Waals surface area contributed by atoms with Crippen molar-refractivity contribution in [1.29, 1.82) is 0 Å². The maximum atomic E-state index is 6.25. The van der Waals surface area contributed by atoms with E-state index in [0.29, 0.717) is 5.92 Å². The van der Waals surface area contributed by atoms with Crippen LogP contribution in [0.4, 0.5) is 0 Å². The van der Waals surface area contributed by atoms with Crippen molar-refractivity contribution in [1.82, 2.24) is 4.98 Å². The van der Waals surface area contributed by atoms with Crippen molar-refractivity contribution >= 4 is 10.9 Å². The quantitative estimate of drug-likeness (QED) is 0.768. The topological polar surface area (TPSA) is 41.8 Å². The lowest BCUT2D eigenvalue weighted by Gasteiger charge is -2.31. The predicted molar refractivity (Wildman–Crippen MR) is 62.6 cm³/mol. The van der Waals surface area contributed by atoms with E-state index in [0.717, 1.165) is 0 Å². The van der Waals surface area contributed by atoms with E-state index < -0.39 is 0 Å². The molecule has 2 nitrogen and oxygen atoms in total. The van der Waals surface area contributed by atoms with Crippen LogP contribution in [0.25, 0.3) is 10.9 Å². The minimum Gasteiger partial charge on any atom is -0.361 e. The van der Waals surface area contributed by atoms with Gasteiger partial charge in [-0.1, -0.05) is 18.6 Å². The second kappa shape index (κ2) is 3.38. The Balaban J connectivity index is 1.95. The molecule has 0 saturated heterocycles. The van der Waals surface area contributed by atoms with E-state index in [1.165, 1.54) is 35.7 Å². The minimum absolute atomic E-state index is 0.228. The number of nitrogens with two attached hydrogens (primary N) is 1. The summed E-state index contributed by atoms with van der Waals surface area (Å²) in [5.41, 5.74) is 8.72. The van der Waals surface area contributed by atoms with E-state index in [9.17, 15) is 0 Å². The predicted octanol–water partition coefficient (Wildman–Crippen LogP) is 2.97. The number of H-pyrrole nitrogens is 1. The van der Waals surface area contributed by atoms with Crippen LogP contribution in [0, 0.1) is 5.92 Å². The number of aromatic nitrogens is 1. The Morgan fingerprint density at radius 3 is 2.87 bits per heavy atom. The monoisotopic (exact) mass is 200 g/mol. The summed E-state index contributed by atoms with van der Waals surface area (Å²) in [5.74, 6) is 0.706. The summed E-state index contributed by atoms with van der Waals surface area (Å²) in [6.07, 6.45) is 5.92. The second-order valence-corrected chi connectivity index (χ2v) is 4.54. The molecule has 1 aromatic heterocycles. The molecular formula is C13H16N2. The Hall–Kier alpha value is -1.28. The Kier molecular flexibility index (Phi) is 2.03. The molecule has 0 spiro atoms. The molecule has 1 aliphatic carbocycles. The third kappa shape index (κ3) is 1.45. The highest BCUT2D eigenvalue weighted by Gasteiger charge is 2.25. The first kappa shape index (κ1) is 8.98. The van der Waals surface area contributed by atoms with E-state index in [-0.39, 0.29) is 6.04 Å². The van der Waals surface area contributed by atoms with Crippen molar-refractivity contribution in [3.8, 4) is 0 Å². The third-order valence-electron chi connectivity index (χ3n) is 3.62. The van der Waals surface area contributed by atoms with Crippen LogP contribution in [0.3, 0.4) is 0 Å². The number of fused-ring (bicyclic) bond motifs is 1. The highest BCUT2D eigenvalue weighted by Crippen LogP contribution is 2.36. The molecule has 3 N–H and O–H groups in total. The first-order valence-electron chi connectivity index (χ1n) is 5.67. The Bertz CT molecular complexity index is 468. The second-order valence-electron chi connectivity index (χ2n) is 4.54. The molecule has 78 valence electrons. The zero-order valence-corrected chi connectivity index (χ0v) is 8.74. The van der Waals surface area contributed by atoms with Gasteiger partial charge in [0.2, 0.25) is 0 Å². The van der Waals surface area contributed by atoms with E-state index in [2.05, 4.69) is 29.2 Å². The fourth-order valence-electron chi connectivity index (χ4n) is 2.34. The first-order chi connectivity index (χ1) is 7.34. The van der Waals surface area contributed by atoms with Crippen LogP contribution >= 0.6 is 0 Å². The summed E-state index contributed by atoms with van der Waals surface area (Å²) in [6, 6.07) is 8.83. The number of aromatic amines is 1. The SMILES string of the molecule is N[C@@H](c1ccc2cc[nH]c2c1)C1CCC1. The summed E-state index contributed by atoms with van der Waals surface area (Å²) in [7, 11) is 0. The molecule has 0 unspecified atom stereocenters. The third-order valence-corrected chi connectivity index (χ3v) is 3.62. The fourth-order valence-corrected chi connectivity index (χ4v) is 2.34. The molecule has 0 bridgehead atoms. The van der Waals surface area contributed by atoms with Gasteiger partial charge >= 0.3 is 0 Å². The van der Waals surface area contributed by atoms with Gasteiger partial charge in [-0.05, 0) is 41.8 Å². The smallest absolute Gasteiger partial charge is 0.0457 e. The Morgan fingerprint density at radius 1 is 1.27 bits per heavy atom. The van der Waals surface area contributed by atoms with Crippen molar-refractivity contribution in [2.24, 2.45) is 11.7 Å². The molecule has 15 heavy (non-hydrogen) atoms. The Labute approximate surface area is 89.5 Å². The lowest BCUT2D eigenvalue weighted by atomic mass is 9.77. The fraction of sp³-hybridized carbons (Fsp3) is 0.385. The summed E-state index contributed by atoms with van der Waals surface area (Å²) in [6.45, 7) is 0. The zero-order chi connectivity index (χ0) is 10.3. The van der Waals surface area contributed by atoms with Gasteiger partial charge in [0.25, 0.3) is 0 Å². The van der Waals surface area contributed by atoms with Crippen LogP contribution in [-0.4, -0.2) is 4.98 Å². The average molecular weight is 200 g/mol. The number of hydrogen-bond donors (Lipinski definition) is 2. The van der Waals surface area contributed by atoms with Gasteiger partial charge in [-0.2, -0.15) is 0 Å². The summed E-state index contributed by atoms with van der Waals surface area (Å²) >= 11 is 0. The van der Waals surface area contributed by atoms with Crippen LogP contribution in [0.2, 0.25) is 0 Å². The van der Waals surface area contributed by atoms with E-state index in [1.54, 1.807) is 0 Å². The lowest BCUT2D eigenvalue weighted by Crippen LogP contribution is -2.26. The van der Waals surface area contributed by atoms with Crippen molar-refractivity contribution in [3.63, 3.8) is 0 Å². The van der Waals surface area contributed by atoms with Crippen molar-refractivity contribution in [3.05, 3.63) is 36.0 Å². The van der Waals surface area contributed by atoms with Crippen molar-refractivity contribution < 1.29 is 0 Å². The maximum Gasteiger partial charge on any atom is 0.0457 e. The van der Waals surface area contributed by atoms with Crippen LogP contribution in [0.5, 0.6) is 0 Å². The molecule has 1 heterocycles. The van der Waals surface area contributed by atoms with Gasteiger partial charge in [0, 0.05) is 17.8 Å². The van der Waals surface area contributed by atoms with Crippen molar-refractivity contribution in [2.45, 2.75) is 25.3 Å². The van der Waals surface area contributed by atoms with Gasteiger partial charge in [0.1, 0.15) is 0 Å². The molecule has 3 rings (SSSR count). The molecule has 0 aliphatic heterocycles.